The van der Waals surface area contributed by atoms with E-state index in [4.69, 9.17) is 0 Å². The first-order valence-corrected chi connectivity index (χ1v) is 9.78. The molecular formula is C17H29BrN2S. The molecule has 0 amide bonds. The average molecular weight is 373 g/mol. The first-order valence-electron chi connectivity index (χ1n) is 8.00. The van der Waals surface area contributed by atoms with Crippen LogP contribution >= 0.6 is 27.7 Å². The van der Waals surface area contributed by atoms with Crippen molar-refractivity contribution >= 4 is 27.7 Å². The number of benzene rings is 1. The molecule has 0 saturated carbocycles. The second-order valence-electron chi connectivity index (χ2n) is 5.23. The lowest BCUT2D eigenvalue weighted by atomic mass is 10.1. The summed E-state index contributed by atoms with van der Waals surface area (Å²) in [5.41, 5.74) is 1.40. The van der Waals surface area contributed by atoms with Gasteiger partial charge in [-0.1, -0.05) is 36.7 Å². The summed E-state index contributed by atoms with van der Waals surface area (Å²) in [6.07, 6.45) is 1.17. The lowest BCUT2D eigenvalue weighted by Gasteiger charge is -2.20. The lowest BCUT2D eigenvalue weighted by molar-refractivity contribution is 0.324. The molecule has 1 aromatic rings. The highest BCUT2D eigenvalue weighted by Gasteiger charge is 2.11. The second-order valence-corrected chi connectivity index (χ2v) is 7.29. The summed E-state index contributed by atoms with van der Waals surface area (Å²) in [6.45, 7) is 13.4. The molecular weight excluding hydrogens is 344 g/mol. The first-order chi connectivity index (χ1) is 10.1. The Bertz CT molecular complexity index is 408. The van der Waals surface area contributed by atoms with Gasteiger partial charge in [-0.05, 0) is 56.7 Å². The minimum atomic E-state index is 0.401. The van der Waals surface area contributed by atoms with Crippen molar-refractivity contribution in [2.45, 2.75) is 45.1 Å². The molecule has 1 atom stereocenters. The topological polar surface area (TPSA) is 15.3 Å². The fourth-order valence-electron chi connectivity index (χ4n) is 2.28. The van der Waals surface area contributed by atoms with E-state index in [2.05, 4.69) is 72.0 Å². The Morgan fingerprint density at radius 3 is 2.57 bits per heavy atom. The van der Waals surface area contributed by atoms with Crippen LogP contribution in [0, 0.1) is 0 Å². The number of halogens is 1. The van der Waals surface area contributed by atoms with Crippen LogP contribution in [-0.2, 0) is 0 Å². The molecule has 1 unspecified atom stereocenters. The Balaban J connectivity index is 2.68. The fraction of sp³-hybridized carbons (Fsp3) is 0.647. The second kappa shape index (κ2) is 10.7. The van der Waals surface area contributed by atoms with Crippen LogP contribution in [0.1, 0.15) is 45.7 Å². The molecule has 0 fully saturated rings. The van der Waals surface area contributed by atoms with E-state index in [1.807, 2.05) is 11.8 Å². The molecule has 0 heterocycles. The van der Waals surface area contributed by atoms with E-state index < -0.39 is 0 Å². The Morgan fingerprint density at radius 1 is 1.24 bits per heavy atom. The van der Waals surface area contributed by atoms with Gasteiger partial charge >= 0.3 is 0 Å². The van der Waals surface area contributed by atoms with Crippen LogP contribution in [0.25, 0.3) is 0 Å². The Morgan fingerprint density at radius 2 is 1.95 bits per heavy atom. The molecule has 21 heavy (non-hydrogen) atoms. The fourth-order valence-corrected chi connectivity index (χ4v) is 3.80. The molecule has 0 aliphatic carbocycles. The average Bonchev–Trinajstić information content (AvgIpc) is 2.50. The molecule has 120 valence electrons. The highest BCUT2D eigenvalue weighted by molar-refractivity contribution is 9.10. The zero-order valence-electron chi connectivity index (χ0n) is 13.8. The maximum absolute atomic E-state index is 3.60. The summed E-state index contributed by atoms with van der Waals surface area (Å²) in [6, 6.07) is 7.05. The summed E-state index contributed by atoms with van der Waals surface area (Å²) in [4.78, 5) is 3.88. The minimum absolute atomic E-state index is 0.401. The molecule has 0 aromatic heterocycles. The highest BCUT2D eigenvalue weighted by atomic mass is 79.9. The van der Waals surface area contributed by atoms with Crippen molar-refractivity contribution in [1.29, 1.82) is 0 Å². The Labute approximate surface area is 143 Å². The molecule has 4 heteroatoms. The molecule has 0 aliphatic rings. The number of nitrogens with zero attached hydrogens (tertiary/aromatic N) is 1. The van der Waals surface area contributed by atoms with Crippen LogP contribution in [0.4, 0.5) is 0 Å². The van der Waals surface area contributed by atoms with E-state index in [0.717, 1.165) is 36.4 Å². The largest absolute Gasteiger partial charge is 0.310 e. The van der Waals surface area contributed by atoms with Crippen molar-refractivity contribution in [1.82, 2.24) is 10.2 Å². The first kappa shape index (κ1) is 19.0. The normalized spacial score (nSPS) is 12.9. The molecule has 0 spiro atoms. The van der Waals surface area contributed by atoms with Crippen LogP contribution in [0.3, 0.4) is 0 Å². The molecule has 0 bridgehead atoms. The van der Waals surface area contributed by atoms with Gasteiger partial charge in [0, 0.05) is 27.7 Å². The van der Waals surface area contributed by atoms with Crippen LogP contribution in [0.5, 0.6) is 0 Å². The third kappa shape index (κ3) is 6.72. The van der Waals surface area contributed by atoms with Gasteiger partial charge in [-0.15, -0.1) is 11.8 Å². The monoisotopic (exact) mass is 372 g/mol. The van der Waals surface area contributed by atoms with E-state index in [9.17, 15) is 0 Å². The molecule has 1 rings (SSSR count). The lowest BCUT2D eigenvalue weighted by Crippen LogP contribution is -2.25. The van der Waals surface area contributed by atoms with E-state index in [1.54, 1.807) is 0 Å². The molecule has 1 aromatic carbocycles. The predicted octanol–water partition coefficient (Wildman–Crippen LogP) is 4.94. The molecule has 2 nitrogen and oxygen atoms in total. The van der Waals surface area contributed by atoms with E-state index >= 15 is 0 Å². The Kier molecular flexibility index (Phi) is 9.65. The van der Waals surface area contributed by atoms with Gasteiger partial charge in [0.15, 0.2) is 0 Å². The molecule has 0 saturated heterocycles. The van der Waals surface area contributed by atoms with Crippen molar-refractivity contribution in [3.63, 3.8) is 0 Å². The van der Waals surface area contributed by atoms with Gasteiger partial charge in [0.05, 0.1) is 0 Å². The van der Waals surface area contributed by atoms with Crippen LogP contribution in [0.2, 0.25) is 0 Å². The number of nitrogens with one attached hydrogen (secondary N) is 1. The van der Waals surface area contributed by atoms with Gasteiger partial charge in [-0.2, -0.15) is 0 Å². The van der Waals surface area contributed by atoms with Crippen molar-refractivity contribution in [3.8, 4) is 0 Å². The zero-order chi connectivity index (χ0) is 15.7. The van der Waals surface area contributed by atoms with E-state index in [0.29, 0.717) is 6.04 Å². The SMILES string of the molecule is CCCNC(C)c1cc(Br)ccc1SCCN(CC)CC. The van der Waals surface area contributed by atoms with Gasteiger partial charge in [0.25, 0.3) is 0 Å². The minimum Gasteiger partial charge on any atom is -0.310 e. The van der Waals surface area contributed by atoms with E-state index in [-0.39, 0.29) is 0 Å². The summed E-state index contributed by atoms with van der Waals surface area (Å²) >= 11 is 5.58. The van der Waals surface area contributed by atoms with Crippen LogP contribution in [-0.4, -0.2) is 36.8 Å². The van der Waals surface area contributed by atoms with E-state index in [1.165, 1.54) is 16.9 Å². The standard InChI is InChI=1S/C17H29BrN2S/c1-5-10-19-14(4)16-13-15(18)8-9-17(16)21-12-11-20(6-2)7-3/h8-9,13-14,19H,5-7,10-12H2,1-4H3. The number of hydrogen-bond donors (Lipinski definition) is 1. The van der Waals surface area contributed by atoms with Gasteiger partial charge < -0.3 is 10.2 Å². The van der Waals surface area contributed by atoms with Gasteiger partial charge in [-0.3, -0.25) is 0 Å². The summed E-state index contributed by atoms with van der Waals surface area (Å²) in [7, 11) is 0. The maximum Gasteiger partial charge on any atom is 0.0303 e. The molecule has 0 radical (unpaired) electrons. The summed E-state index contributed by atoms with van der Waals surface area (Å²) < 4.78 is 1.16. The Hall–Kier alpha value is -0.0300. The molecule has 0 aliphatic heterocycles. The third-order valence-corrected chi connectivity index (χ3v) is 5.26. The van der Waals surface area contributed by atoms with Crippen molar-refractivity contribution < 1.29 is 0 Å². The summed E-state index contributed by atoms with van der Waals surface area (Å²) in [5.74, 6) is 1.15. The van der Waals surface area contributed by atoms with Crippen molar-refractivity contribution in [2.24, 2.45) is 0 Å². The highest BCUT2D eigenvalue weighted by Crippen LogP contribution is 2.30. The number of thioether (sulfide) groups is 1. The van der Waals surface area contributed by atoms with Gasteiger partial charge in [-0.25, -0.2) is 0 Å². The van der Waals surface area contributed by atoms with Gasteiger partial charge in [0.2, 0.25) is 0 Å². The number of hydrogen-bond acceptors (Lipinski definition) is 3. The third-order valence-electron chi connectivity index (χ3n) is 3.70. The maximum atomic E-state index is 3.60. The van der Waals surface area contributed by atoms with Crippen LogP contribution < -0.4 is 5.32 Å². The predicted molar refractivity (Wildman–Crippen MR) is 99.4 cm³/mol. The number of rotatable bonds is 10. The van der Waals surface area contributed by atoms with Gasteiger partial charge in [0.1, 0.15) is 0 Å². The van der Waals surface area contributed by atoms with Crippen LogP contribution in [0.15, 0.2) is 27.6 Å². The quantitative estimate of drug-likeness (QED) is 0.585. The zero-order valence-corrected chi connectivity index (χ0v) is 16.2. The smallest absolute Gasteiger partial charge is 0.0303 e. The summed E-state index contributed by atoms with van der Waals surface area (Å²) in [5, 5.41) is 3.59. The van der Waals surface area contributed by atoms with Crippen molar-refractivity contribution in [2.75, 3.05) is 31.9 Å². The molecule has 1 N–H and O–H groups in total. The van der Waals surface area contributed by atoms with Crippen molar-refractivity contribution in [3.05, 3.63) is 28.2 Å².